The Labute approximate surface area is 120 Å². The van der Waals surface area contributed by atoms with Gasteiger partial charge in [-0.2, -0.15) is 0 Å². The minimum Gasteiger partial charge on any atom is -0.398 e. The van der Waals surface area contributed by atoms with Crippen LogP contribution in [0.5, 0.6) is 0 Å². The van der Waals surface area contributed by atoms with Crippen molar-refractivity contribution in [1.82, 2.24) is 4.72 Å². The molecule has 1 aliphatic rings. The Morgan fingerprint density at radius 1 is 1.40 bits per heavy atom. The Kier molecular flexibility index (Phi) is 4.67. The highest BCUT2D eigenvalue weighted by atomic mass is 32.2. The number of aryl methyl sites for hydroxylation is 1. The first-order chi connectivity index (χ1) is 9.40. The molecule has 2 rings (SSSR count). The lowest BCUT2D eigenvalue weighted by Crippen LogP contribution is -2.26. The summed E-state index contributed by atoms with van der Waals surface area (Å²) in [6, 6.07) is 3.18. The monoisotopic (exact) mass is 298 g/mol. The molecular weight excluding hydrogens is 276 g/mol. The standard InChI is InChI=1S/C14H22N2O3S/c1-10-7-13(8-14(15)11(10)2)20(17,18)16-5-3-12-4-6-19-9-12/h7-8,12,16H,3-6,9,15H2,1-2H3. The van der Waals surface area contributed by atoms with Crippen LogP contribution in [-0.2, 0) is 14.8 Å². The van der Waals surface area contributed by atoms with Crippen molar-refractivity contribution in [2.24, 2.45) is 5.92 Å². The summed E-state index contributed by atoms with van der Waals surface area (Å²) in [7, 11) is -3.48. The number of rotatable bonds is 5. The maximum atomic E-state index is 12.2. The van der Waals surface area contributed by atoms with Crippen molar-refractivity contribution in [3.63, 3.8) is 0 Å². The number of nitrogens with two attached hydrogens (primary N) is 1. The van der Waals surface area contributed by atoms with E-state index in [-0.39, 0.29) is 4.90 Å². The molecule has 20 heavy (non-hydrogen) atoms. The fourth-order valence-electron chi connectivity index (χ4n) is 2.30. The zero-order chi connectivity index (χ0) is 14.8. The van der Waals surface area contributed by atoms with Crippen LogP contribution in [0.1, 0.15) is 24.0 Å². The van der Waals surface area contributed by atoms with Gasteiger partial charge in [0, 0.05) is 25.4 Å². The van der Waals surface area contributed by atoms with Crippen LogP contribution in [0, 0.1) is 19.8 Å². The topological polar surface area (TPSA) is 81.4 Å². The molecule has 112 valence electrons. The third-order valence-corrected chi connectivity index (χ3v) is 5.30. The summed E-state index contributed by atoms with van der Waals surface area (Å²) in [6.07, 6.45) is 1.82. The van der Waals surface area contributed by atoms with E-state index in [0.717, 1.165) is 37.2 Å². The second-order valence-corrected chi connectivity index (χ2v) is 7.14. The molecule has 5 nitrogen and oxygen atoms in total. The minimum atomic E-state index is -3.48. The number of hydrogen-bond donors (Lipinski definition) is 2. The predicted molar refractivity (Wildman–Crippen MR) is 79.1 cm³/mol. The van der Waals surface area contributed by atoms with Crippen LogP contribution in [-0.4, -0.2) is 28.2 Å². The highest BCUT2D eigenvalue weighted by Gasteiger charge is 2.19. The van der Waals surface area contributed by atoms with Crippen molar-refractivity contribution >= 4 is 15.7 Å². The van der Waals surface area contributed by atoms with Gasteiger partial charge in [-0.3, -0.25) is 0 Å². The molecule has 0 aromatic heterocycles. The van der Waals surface area contributed by atoms with E-state index < -0.39 is 10.0 Å². The molecule has 0 saturated carbocycles. The van der Waals surface area contributed by atoms with E-state index in [0.29, 0.717) is 18.2 Å². The van der Waals surface area contributed by atoms with Gasteiger partial charge in [0.2, 0.25) is 10.0 Å². The summed E-state index contributed by atoms with van der Waals surface area (Å²) >= 11 is 0. The maximum absolute atomic E-state index is 12.2. The zero-order valence-corrected chi connectivity index (χ0v) is 12.8. The first-order valence-electron chi connectivity index (χ1n) is 6.84. The molecule has 1 aromatic carbocycles. The van der Waals surface area contributed by atoms with Crippen molar-refractivity contribution in [1.29, 1.82) is 0 Å². The lowest BCUT2D eigenvalue weighted by Gasteiger charge is -2.12. The zero-order valence-electron chi connectivity index (χ0n) is 12.0. The summed E-state index contributed by atoms with van der Waals surface area (Å²) < 4.78 is 32.4. The average molecular weight is 298 g/mol. The van der Waals surface area contributed by atoms with Crippen LogP contribution >= 0.6 is 0 Å². The lowest BCUT2D eigenvalue weighted by atomic mass is 10.1. The molecule has 6 heteroatoms. The van der Waals surface area contributed by atoms with E-state index in [2.05, 4.69) is 4.72 Å². The van der Waals surface area contributed by atoms with Crippen molar-refractivity contribution in [3.8, 4) is 0 Å². The van der Waals surface area contributed by atoms with Crippen LogP contribution in [0.25, 0.3) is 0 Å². The summed E-state index contributed by atoms with van der Waals surface area (Å²) in [4.78, 5) is 0.237. The average Bonchev–Trinajstić information content (AvgIpc) is 2.88. The molecule has 0 aliphatic carbocycles. The second kappa shape index (κ2) is 6.11. The van der Waals surface area contributed by atoms with Crippen molar-refractivity contribution in [3.05, 3.63) is 23.3 Å². The Balaban J connectivity index is 2.02. The van der Waals surface area contributed by atoms with E-state index >= 15 is 0 Å². The molecular formula is C14H22N2O3S. The molecule has 0 radical (unpaired) electrons. The van der Waals surface area contributed by atoms with E-state index in [1.807, 2.05) is 13.8 Å². The van der Waals surface area contributed by atoms with Crippen LogP contribution in [0.2, 0.25) is 0 Å². The number of sulfonamides is 1. The molecule has 0 bridgehead atoms. The van der Waals surface area contributed by atoms with Crippen LogP contribution < -0.4 is 10.5 Å². The van der Waals surface area contributed by atoms with E-state index in [9.17, 15) is 8.42 Å². The highest BCUT2D eigenvalue weighted by molar-refractivity contribution is 7.89. The van der Waals surface area contributed by atoms with Gasteiger partial charge in [0.05, 0.1) is 4.90 Å². The molecule has 1 aliphatic heterocycles. The first-order valence-corrected chi connectivity index (χ1v) is 8.32. The van der Waals surface area contributed by atoms with Crippen LogP contribution in [0.15, 0.2) is 17.0 Å². The predicted octanol–water partition coefficient (Wildman–Crippen LogP) is 1.59. The molecule has 1 saturated heterocycles. The van der Waals surface area contributed by atoms with E-state index in [1.54, 1.807) is 6.07 Å². The Morgan fingerprint density at radius 2 is 2.15 bits per heavy atom. The van der Waals surface area contributed by atoms with Crippen molar-refractivity contribution in [2.45, 2.75) is 31.6 Å². The van der Waals surface area contributed by atoms with Gasteiger partial charge in [-0.1, -0.05) is 0 Å². The van der Waals surface area contributed by atoms with Crippen LogP contribution in [0.4, 0.5) is 5.69 Å². The number of anilines is 1. The first kappa shape index (κ1) is 15.3. The summed E-state index contributed by atoms with van der Waals surface area (Å²) in [5, 5.41) is 0. The smallest absolute Gasteiger partial charge is 0.240 e. The van der Waals surface area contributed by atoms with Gasteiger partial charge in [-0.15, -0.1) is 0 Å². The molecule has 1 atom stereocenters. The Morgan fingerprint density at radius 3 is 2.75 bits per heavy atom. The molecule has 3 N–H and O–H groups in total. The molecule has 1 unspecified atom stereocenters. The van der Waals surface area contributed by atoms with E-state index in [1.165, 1.54) is 6.07 Å². The summed E-state index contributed by atoms with van der Waals surface area (Å²) in [5.41, 5.74) is 8.15. The maximum Gasteiger partial charge on any atom is 0.240 e. The highest BCUT2D eigenvalue weighted by Crippen LogP contribution is 2.21. The Hall–Kier alpha value is -1.11. The summed E-state index contributed by atoms with van der Waals surface area (Å²) in [6.45, 7) is 5.70. The Bertz CT molecular complexity index is 555. The van der Waals surface area contributed by atoms with Gasteiger partial charge in [0.25, 0.3) is 0 Å². The summed E-state index contributed by atoms with van der Waals surface area (Å²) in [5.74, 6) is 0.461. The molecule has 0 spiro atoms. The number of nitrogens with one attached hydrogen (secondary N) is 1. The fraction of sp³-hybridized carbons (Fsp3) is 0.571. The third kappa shape index (κ3) is 3.50. The van der Waals surface area contributed by atoms with Crippen molar-refractivity contribution in [2.75, 3.05) is 25.5 Å². The fourth-order valence-corrected chi connectivity index (χ4v) is 3.47. The largest absolute Gasteiger partial charge is 0.398 e. The number of ether oxygens (including phenoxy) is 1. The molecule has 1 fully saturated rings. The van der Waals surface area contributed by atoms with Gasteiger partial charge < -0.3 is 10.5 Å². The minimum absolute atomic E-state index is 0.237. The van der Waals surface area contributed by atoms with E-state index in [4.69, 9.17) is 10.5 Å². The SMILES string of the molecule is Cc1cc(S(=O)(=O)NCCC2CCOC2)cc(N)c1C. The number of benzene rings is 1. The van der Waals surface area contributed by atoms with Gasteiger partial charge in [-0.25, -0.2) is 13.1 Å². The molecule has 1 aromatic rings. The molecule has 0 amide bonds. The molecule has 1 heterocycles. The quantitative estimate of drug-likeness (QED) is 0.809. The van der Waals surface area contributed by atoms with Gasteiger partial charge in [-0.05, 0) is 55.9 Å². The number of nitrogen functional groups attached to an aromatic ring is 1. The normalized spacial score (nSPS) is 19.4. The lowest BCUT2D eigenvalue weighted by molar-refractivity contribution is 0.184. The second-order valence-electron chi connectivity index (χ2n) is 5.37. The van der Waals surface area contributed by atoms with Crippen LogP contribution in [0.3, 0.4) is 0 Å². The number of hydrogen-bond acceptors (Lipinski definition) is 4. The van der Waals surface area contributed by atoms with Gasteiger partial charge in [0.15, 0.2) is 0 Å². The van der Waals surface area contributed by atoms with Gasteiger partial charge in [0.1, 0.15) is 0 Å². The third-order valence-electron chi connectivity index (χ3n) is 3.86. The van der Waals surface area contributed by atoms with Gasteiger partial charge >= 0.3 is 0 Å². The van der Waals surface area contributed by atoms with Crippen molar-refractivity contribution < 1.29 is 13.2 Å².